The lowest BCUT2D eigenvalue weighted by molar-refractivity contribution is -0.128. The van der Waals surface area contributed by atoms with Crippen LogP contribution in [0.5, 0.6) is 0 Å². The molecule has 4 heteroatoms. The number of amides is 1. The van der Waals surface area contributed by atoms with Gasteiger partial charge in [-0.25, -0.2) is 0 Å². The summed E-state index contributed by atoms with van der Waals surface area (Å²) in [5.41, 5.74) is -0.157. The van der Waals surface area contributed by atoms with Crippen molar-refractivity contribution < 1.29 is 14.6 Å². The van der Waals surface area contributed by atoms with Crippen LogP contribution in [0, 0.1) is 23.2 Å². The second-order valence-corrected chi connectivity index (χ2v) is 7.80. The highest BCUT2D eigenvalue weighted by molar-refractivity contribution is 5.78. The maximum absolute atomic E-state index is 12.5. The van der Waals surface area contributed by atoms with E-state index in [1.165, 1.54) is 32.1 Å². The molecule has 0 bridgehead atoms. The highest BCUT2D eigenvalue weighted by atomic mass is 16.5. The summed E-state index contributed by atoms with van der Waals surface area (Å²) in [4.78, 5) is 12.5. The summed E-state index contributed by atoms with van der Waals surface area (Å²) < 4.78 is 5.39. The molecular weight excluding hydrogens is 278 g/mol. The van der Waals surface area contributed by atoms with Crippen molar-refractivity contribution in [3.8, 4) is 0 Å². The minimum absolute atomic E-state index is 0.145. The third-order valence-corrected chi connectivity index (χ3v) is 6.44. The smallest absolute Gasteiger partial charge is 0.223 e. The Morgan fingerprint density at radius 1 is 1.09 bits per heavy atom. The van der Waals surface area contributed by atoms with Gasteiger partial charge in [0.1, 0.15) is 0 Å². The molecule has 3 aliphatic rings. The van der Waals surface area contributed by atoms with Crippen molar-refractivity contribution in [2.45, 2.75) is 57.8 Å². The zero-order valence-electron chi connectivity index (χ0n) is 13.7. The monoisotopic (exact) mass is 309 g/mol. The van der Waals surface area contributed by atoms with Crippen molar-refractivity contribution in [1.82, 2.24) is 5.32 Å². The van der Waals surface area contributed by atoms with E-state index in [1.54, 1.807) is 0 Å². The van der Waals surface area contributed by atoms with Gasteiger partial charge in [-0.3, -0.25) is 4.79 Å². The average Bonchev–Trinajstić information content (AvgIpc) is 2.60. The standard InChI is InChI=1S/C18H31NO3/c20-13-18(7-9-22-10-8-18)12-19-17(21)16-6-5-14-3-1-2-4-15(14)11-16/h14-16,20H,1-13H2,(H,19,21)/t14-,15-,16-/m1/s1. The average molecular weight is 309 g/mol. The highest BCUT2D eigenvalue weighted by Gasteiger charge is 2.37. The number of aliphatic hydroxyl groups is 1. The molecular formula is C18H31NO3. The molecule has 126 valence electrons. The number of aliphatic hydroxyl groups excluding tert-OH is 1. The number of fused-ring (bicyclic) bond motifs is 1. The first-order chi connectivity index (χ1) is 10.7. The minimum atomic E-state index is -0.157. The maximum Gasteiger partial charge on any atom is 0.223 e. The van der Waals surface area contributed by atoms with Gasteiger partial charge < -0.3 is 15.2 Å². The number of ether oxygens (including phenoxy) is 1. The van der Waals surface area contributed by atoms with E-state index in [2.05, 4.69) is 5.32 Å². The predicted octanol–water partition coefficient (Wildman–Crippen LogP) is 2.50. The van der Waals surface area contributed by atoms with E-state index in [4.69, 9.17) is 4.74 Å². The Hall–Kier alpha value is -0.610. The summed E-state index contributed by atoms with van der Waals surface area (Å²) in [6.07, 6.45) is 10.5. The van der Waals surface area contributed by atoms with Crippen LogP contribution < -0.4 is 5.32 Å². The van der Waals surface area contributed by atoms with Crippen LogP contribution in [0.3, 0.4) is 0 Å². The zero-order chi connectivity index (χ0) is 15.4. The topological polar surface area (TPSA) is 58.6 Å². The fraction of sp³-hybridized carbons (Fsp3) is 0.944. The Morgan fingerprint density at radius 3 is 2.55 bits per heavy atom. The second-order valence-electron chi connectivity index (χ2n) is 7.80. The molecule has 1 saturated heterocycles. The number of carbonyl (C=O) groups excluding carboxylic acids is 1. The number of carbonyl (C=O) groups is 1. The van der Waals surface area contributed by atoms with Gasteiger partial charge in [0.2, 0.25) is 5.91 Å². The Labute approximate surface area is 134 Å². The predicted molar refractivity (Wildman–Crippen MR) is 85.4 cm³/mol. The SMILES string of the molecule is O=C(NCC1(CO)CCOCC1)[C@@H]1CC[C@H]2CCCC[C@@H]2C1. The Balaban J connectivity index is 1.49. The molecule has 22 heavy (non-hydrogen) atoms. The zero-order valence-corrected chi connectivity index (χ0v) is 13.7. The van der Waals surface area contributed by atoms with Crippen molar-refractivity contribution in [2.75, 3.05) is 26.4 Å². The summed E-state index contributed by atoms with van der Waals surface area (Å²) in [5, 5.41) is 12.9. The van der Waals surface area contributed by atoms with Crippen molar-refractivity contribution >= 4 is 5.91 Å². The van der Waals surface area contributed by atoms with Gasteiger partial charge in [-0.15, -0.1) is 0 Å². The van der Waals surface area contributed by atoms with E-state index >= 15 is 0 Å². The number of rotatable bonds is 4. The van der Waals surface area contributed by atoms with E-state index in [9.17, 15) is 9.90 Å². The molecule has 0 aromatic carbocycles. The summed E-state index contributed by atoms with van der Waals surface area (Å²) >= 11 is 0. The molecule has 0 spiro atoms. The lowest BCUT2D eigenvalue weighted by Crippen LogP contribution is -2.46. The van der Waals surface area contributed by atoms with Crippen LogP contribution in [0.1, 0.15) is 57.8 Å². The molecule has 0 radical (unpaired) electrons. The summed E-state index contributed by atoms with van der Waals surface area (Å²) in [5.74, 6) is 2.10. The Kier molecular flexibility index (Phi) is 5.40. The number of hydrogen-bond acceptors (Lipinski definition) is 3. The molecule has 1 amide bonds. The first-order valence-electron chi connectivity index (χ1n) is 9.19. The third-order valence-electron chi connectivity index (χ3n) is 6.44. The van der Waals surface area contributed by atoms with Crippen molar-refractivity contribution in [3.63, 3.8) is 0 Å². The molecule has 0 aromatic heterocycles. The molecule has 3 fully saturated rings. The summed E-state index contributed by atoms with van der Waals surface area (Å²) in [6, 6.07) is 0. The Bertz CT molecular complexity index is 379. The molecule has 2 N–H and O–H groups in total. The van der Waals surface area contributed by atoms with Gasteiger partial charge in [0.15, 0.2) is 0 Å². The van der Waals surface area contributed by atoms with Crippen molar-refractivity contribution in [2.24, 2.45) is 23.2 Å². The van der Waals surface area contributed by atoms with Gasteiger partial charge in [-0.2, -0.15) is 0 Å². The van der Waals surface area contributed by atoms with E-state index in [0.29, 0.717) is 19.8 Å². The van der Waals surface area contributed by atoms with E-state index in [1.807, 2.05) is 0 Å². The lowest BCUT2D eigenvalue weighted by Gasteiger charge is -2.39. The lowest BCUT2D eigenvalue weighted by atomic mass is 9.67. The van der Waals surface area contributed by atoms with Gasteiger partial charge in [0, 0.05) is 31.1 Å². The quantitative estimate of drug-likeness (QED) is 0.839. The van der Waals surface area contributed by atoms with Crippen molar-refractivity contribution in [3.05, 3.63) is 0 Å². The molecule has 0 aromatic rings. The van der Waals surface area contributed by atoms with Gasteiger partial charge in [-0.1, -0.05) is 25.7 Å². The van der Waals surface area contributed by atoms with Crippen LogP contribution in [0.4, 0.5) is 0 Å². The second kappa shape index (κ2) is 7.31. The number of nitrogens with one attached hydrogen (secondary N) is 1. The van der Waals surface area contributed by atoms with Crippen LogP contribution in [-0.4, -0.2) is 37.4 Å². The van der Waals surface area contributed by atoms with Crippen LogP contribution >= 0.6 is 0 Å². The van der Waals surface area contributed by atoms with Crippen molar-refractivity contribution in [1.29, 1.82) is 0 Å². The normalized spacial score (nSPS) is 34.7. The number of hydrogen-bond donors (Lipinski definition) is 2. The van der Waals surface area contributed by atoms with Crippen LogP contribution in [0.2, 0.25) is 0 Å². The van der Waals surface area contributed by atoms with Gasteiger partial charge >= 0.3 is 0 Å². The fourth-order valence-corrected chi connectivity index (χ4v) is 4.73. The summed E-state index contributed by atoms with van der Waals surface area (Å²) in [7, 11) is 0. The fourth-order valence-electron chi connectivity index (χ4n) is 4.73. The van der Waals surface area contributed by atoms with E-state index in [-0.39, 0.29) is 23.8 Å². The maximum atomic E-state index is 12.5. The molecule has 3 rings (SSSR count). The first-order valence-corrected chi connectivity index (χ1v) is 9.19. The Morgan fingerprint density at radius 2 is 1.82 bits per heavy atom. The van der Waals surface area contributed by atoms with Gasteiger partial charge in [0.25, 0.3) is 0 Å². The minimum Gasteiger partial charge on any atom is -0.396 e. The molecule has 2 aliphatic carbocycles. The van der Waals surface area contributed by atoms with Crippen LogP contribution in [-0.2, 0) is 9.53 Å². The molecule has 4 nitrogen and oxygen atoms in total. The summed E-state index contributed by atoms with van der Waals surface area (Å²) in [6.45, 7) is 2.15. The van der Waals surface area contributed by atoms with Gasteiger partial charge in [0.05, 0.1) is 6.61 Å². The largest absolute Gasteiger partial charge is 0.396 e. The molecule has 1 aliphatic heterocycles. The van der Waals surface area contributed by atoms with Crippen LogP contribution in [0.15, 0.2) is 0 Å². The highest BCUT2D eigenvalue weighted by Crippen LogP contribution is 2.42. The molecule has 3 atom stereocenters. The molecule has 1 heterocycles. The van der Waals surface area contributed by atoms with E-state index in [0.717, 1.165) is 37.5 Å². The van der Waals surface area contributed by atoms with E-state index < -0.39 is 0 Å². The molecule has 2 saturated carbocycles. The van der Waals surface area contributed by atoms with Crippen LogP contribution in [0.25, 0.3) is 0 Å². The molecule has 0 unspecified atom stereocenters. The van der Waals surface area contributed by atoms with Gasteiger partial charge in [-0.05, 0) is 43.9 Å². The third kappa shape index (κ3) is 3.65. The first kappa shape index (κ1) is 16.3.